The Morgan fingerprint density at radius 2 is 2.12 bits per heavy atom. The van der Waals surface area contributed by atoms with E-state index in [9.17, 15) is 0 Å². The molecule has 1 fully saturated rings. The molecule has 1 aromatic rings. The van der Waals surface area contributed by atoms with Gasteiger partial charge in [0.15, 0.2) is 0 Å². The van der Waals surface area contributed by atoms with Crippen LogP contribution in [0, 0.1) is 5.92 Å². The van der Waals surface area contributed by atoms with E-state index in [1.54, 1.807) is 0 Å². The van der Waals surface area contributed by atoms with Gasteiger partial charge in [0.2, 0.25) is 0 Å². The summed E-state index contributed by atoms with van der Waals surface area (Å²) >= 11 is 0. The van der Waals surface area contributed by atoms with Crippen LogP contribution in [0.4, 0.5) is 0 Å². The molecule has 1 unspecified atom stereocenters. The highest BCUT2D eigenvalue weighted by Crippen LogP contribution is 2.16. The SMILES string of the molecule is CCCc1ccc(OCC2CCCNC2)cc1. The number of benzene rings is 1. The lowest BCUT2D eigenvalue weighted by Crippen LogP contribution is -2.33. The summed E-state index contributed by atoms with van der Waals surface area (Å²) in [4.78, 5) is 0. The minimum atomic E-state index is 0.680. The summed E-state index contributed by atoms with van der Waals surface area (Å²) in [6, 6.07) is 8.55. The van der Waals surface area contributed by atoms with Gasteiger partial charge in [0.05, 0.1) is 6.61 Å². The van der Waals surface area contributed by atoms with E-state index in [1.165, 1.54) is 31.4 Å². The maximum absolute atomic E-state index is 5.84. The lowest BCUT2D eigenvalue weighted by Gasteiger charge is -2.22. The first kappa shape index (κ1) is 12.4. The summed E-state index contributed by atoms with van der Waals surface area (Å²) in [6.07, 6.45) is 4.94. The van der Waals surface area contributed by atoms with Gasteiger partial charge in [-0.2, -0.15) is 0 Å². The Morgan fingerprint density at radius 3 is 2.76 bits per heavy atom. The highest BCUT2D eigenvalue weighted by atomic mass is 16.5. The summed E-state index contributed by atoms with van der Waals surface area (Å²) in [6.45, 7) is 5.33. The predicted octanol–water partition coefficient (Wildman–Crippen LogP) is 3.02. The van der Waals surface area contributed by atoms with Gasteiger partial charge < -0.3 is 10.1 Å². The van der Waals surface area contributed by atoms with E-state index < -0.39 is 0 Å². The molecule has 1 aromatic carbocycles. The van der Waals surface area contributed by atoms with Crippen molar-refractivity contribution in [1.82, 2.24) is 5.32 Å². The Balaban J connectivity index is 1.77. The Bertz CT molecular complexity index is 314. The van der Waals surface area contributed by atoms with Crippen LogP contribution in [0.15, 0.2) is 24.3 Å². The van der Waals surface area contributed by atoms with Crippen LogP contribution < -0.4 is 10.1 Å². The van der Waals surface area contributed by atoms with Crippen molar-refractivity contribution in [3.05, 3.63) is 29.8 Å². The molecule has 0 amide bonds. The minimum absolute atomic E-state index is 0.680. The van der Waals surface area contributed by atoms with Crippen molar-refractivity contribution in [3.8, 4) is 5.75 Å². The fourth-order valence-electron chi connectivity index (χ4n) is 2.32. The van der Waals surface area contributed by atoms with E-state index in [0.717, 1.165) is 25.3 Å². The number of hydrogen-bond donors (Lipinski definition) is 1. The van der Waals surface area contributed by atoms with Gasteiger partial charge in [-0.25, -0.2) is 0 Å². The van der Waals surface area contributed by atoms with Crippen LogP contribution >= 0.6 is 0 Å². The van der Waals surface area contributed by atoms with Crippen molar-refractivity contribution < 1.29 is 4.74 Å². The standard InChI is InChI=1S/C15H23NO/c1-2-4-13-6-8-15(9-7-13)17-12-14-5-3-10-16-11-14/h6-9,14,16H,2-5,10-12H2,1H3. The maximum Gasteiger partial charge on any atom is 0.119 e. The van der Waals surface area contributed by atoms with E-state index >= 15 is 0 Å². The van der Waals surface area contributed by atoms with Gasteiger partial charge in [-0.1, -0.05) is 25.5 Å². The van der Waals surface area contributed by atoms with Gasteiger partial charge >= 0.3 is 0 Å². The van der Waals surface area contributed by atoms with E-state index in [2.05, 4.69) is 36.5 Å². The van der Waals surface area contributed by atoms with Gasteiger partial charge in [0.25, 0.3) is 0 Å². The third kappa shape index (κ3) is 4.04. The molecule has 0 bridgehead atoms. The monoisotopic (exact) mass is 233 g/mol. The third-order valence-corrected chi connectivity index (χ3v) is 3.35. The van der Waals surface area contributed by atoms with Crippen LogP contribution in [0.3, 0.4) is 0 Å². The second-order valence-corrected chi connectivity index (χ2v) is 4.92. The topological polar surface area (TPSA) is 21.3 Å². The molecule has 0 spiro atoms. The van der Waals surface area contributed by atoms with Crippen LogP contribution in [-0.2, 0) is 6.42 Å². The second kappa shape index (κ2) is 6.65. The summed E-state index contributed by atoms with van der Waals surface area (Å²) in [5.41, 5.74) is 1.40. The summed E-state index contributed by atoms with van der Waals surface area (Å²) in [5.74, 6) is 1.69. The number of nitrogens with one attached hydrogen (secondary N) is 1. The quantitative estimate of drug-likeness (QED) is 0.844. The Kier molecular flexibility index (Phi) is 4.87. The zero-order valence-electron chi connectivity index (χ0n) is 10.7. The molecule has 94 valence electrons. The molecule has 0 aliphatic carbocycles. The first-order valence-corrected chi connectivity index (χ1v) is 6.81. The van der Waals surface area contributed by atoms with Crippen molar-refractivity contribution in [2.75, 3.05) is 19.7 Å². The van der Waals surface area contributed by atoms with Crippen LogP contribution in [0.5, 0.6) is 5.75 Å². The van der Waals surface area contributed by atoms with Crippen molar-refractivity contribution in [2.45, 2.75) is 32.6 Å². The first-order chi connectivity index (χ1) is 8.38. The Hall–Kier alpha value is -1.02. The first-order valence-electron chi connectivity index (χ1n) is 6.81. The molecule has 1 aliphatic rings. The summed E-state index contributed by atoms with van der Waals surface area (Å²) in [7, 11) is 0. The van der Waals surface area contributed by atoms with E-state index in [1.807, 2.05) is 0 Å². The molecule has 17 heavy (non-hydrogen) atoms. The maximum atomic E-state index is 5.84. The van der Waals surface area contributed by atoms with Crippen molar-refractivity contribution in [3.63, 3.8) is 0 Å². The van der Waals surface area contributed by atoms with Crippen molar-refractivity contribution >= 4 is 0 Å². The normalized spacial score (nSPS) is 20.2. The van der Waals surface area contributed by atoms with Crippen LogP contribution in [0.2, 0.25) is 0 Å². The number of hydrogen-bond acceptors (Lipinski definition) is 2. The van der Waals surface area contributed by atoms with Crippen molar-refractivity contribution in [2.24, 2.45) is 5.92 Å². The average molecular weight is 233 g/mol. The summed E-state index contributed by atoms with van der Waals surface area (Å²) < 4.78 is 5.84. The van der Waals surface area contributed by atoms with E-state index in [0.29, 0.717) is 5.92 Å². The second-order valence-electron chi connectivity index (χ2n) is 4.92. The zero-order valence-corrected chi connectivity index (χ0v) is 10.7. The Morgan fingerprint density at radius 1 is 1.29 bits per heavy atom. The molecule has 2 heteroatoms. The largest absolute Gasteiger partial charge is 0.493 e. The van der Waals surface area contributed by atoms with Gasteiger partial charge in [0, 0.05) is 12.5 Å². The molecule has 1 heterocycles. The molecule has 0 saturated carbocycles. The van der Waals surface area contributed by atoms with Crippen LogP contribution in [-0.4, -0.2) is 19.7 Å². The molecule has 1 aliphatic heterocycles. The smallest absolute Gasteiger partial charge is 0.119 e. The van der Waals surface area contributed by atoms with Gasteiger partial charge in [-0.3, -0.25) is 0 Å². The lowest BCUT2D eigenvalue weighted by molar-refractivity contribution is 0.218. The molecule has 0 aromatic heterocycles. The summed E-state index contributed by atoms with van der Waals surface area (Å²) in [5, 5.41) is 3.42. The fraction of sp³-hybridized carbons (Fsp3) is 0.600. The van der Waals surface area contributed by atoms with Gasteiger partial charge in [0.1, 0.15) is 5.75 Å². The third-order valence-electron chi connectivity index (χ3n) is 3.35. The number of piperidine rings is 1. The van der Waals surface area contributed by atoms with Gasteiger partial charge in [-0.05, 0) is 43.5 Å². The number of ether oxygens (including phenoxy) is 1. The zero-order chi connectivity index (χ0) is 11.9. The van der Waals surface area contributed by atoms with E-state index in [-0.39, 0.29) is 0 Å². The molecule has 0 radical (unpaired) electrons. The minimum Gasteiger partial charge on any atom is -0.493 e. The molecule has 1 atom stereocenters. The molecular formula is C15H23NO. The van der Waals surface area contributed by atoms with Crippen LogP contribution in [0.1, 0.15) is 31.7 Å². The van der Waals surface area contributed by atoms with E-state index in [4.69, 9.17) is 4.74 Å². The van der Waals surface area contributed by atoms with Gasteiger partial charge in [-0.15, -0.1) is 0 Å². The molecule has 1 N–H and O–H groups in total. The average Bonchev–Trinajstić information content (AvgIpc) is 2.40. The molecule has 2 nitrogen and oxygen atoms in total. The highest BCUT2D eigenvalue weighted by Gasteiger charge is 2.13. The highest BCUT2D eigenvalue weighted by molar-refractivity contribution is 5.27. The fourth-order valence-corrected chi connectivity index (χ4v) is 2.32. The Labute approximate surface area is 104 Å². The molecular weight excluding hydrogens is 210 g/mol. The number of rotatable bonds is 5. The number of aryl methyl sites for hydroxylation is 1. The lowest BCUT2D eigenvalue weighted by atomic mass is 10.0. The molecule has 1 saturated heterocycles. The predicted molar refractivity (Wildman–Crippen MR) is 71.5 cm³/mol. The van der Waals surface area contributed by atoms with Crippen LogP contribution in [0.25, 0.3) is 0 Å². The van der Waals surface area contributed by atoms with Crippen molar-refractivity contribution in [1.29, 1.82) is 0 Å². The molecule has 2 rings (SSSR count).